The van der Waals surface area contributed by atoms with Gasteiger partial charge >= 0.3 is 0 Å². The van der Waals surface area contributed by atoms with Gasteiger partial charge in [0, 0.05) is 0 Å². The molecule has 122 valence electrons. The van der Waals surface area contributed by atoms with Crippen molar-refractivity contribution < 1.29 is 4.48 Å². The predicted molar refractivity (Wildman–Crippen MR) is 98.5 cm³/mol. The molecule has 0 aromatic heterocycles. The summed E-state index contributed by atoms with van der Waals surface area (Å²) in [6, 6.07) is 0. The topological polar surface area (TPSA) is 0 Å². The van der Waals surface area contributed by atoms with Gasteiger partial charge in [-0.25, -0.2) is 0 Å². The monoisotopic (exact) mass is 284 g/mol. The van der Waals surface area contributed by atoms with Gasteiger partial charge in [0.1, 0.15) is 0 Å². The van der Waals surface area contributed by atoms with Crippen LogP contribution in [-0.2, 0) is 0 Å². The van der Waals surface area contributed by atoms with Crippen molar-refractivity contribution in [2.24, 2.45) is 0 Å². The molecule has 0 aromatic carbocycles. The third-order valence-corrected chi connectivity index (χ3v) is 4.47. The fourth-order valence-corrected chi connectivity index (χ4v) is 2.54. The van der Waals surface area contributed by atoms with Crippen molar-refractivity contribution in [3.63, 3.8) is 0 Å². The Morgan fingerprint density at radius 3 is 1.25 bits per heavy atom. The summed E-state index contributed by atoms with van der Waals surface area (Å²) < 4.78 is 1.19. The van der Waals surface area contributed by atoms with Crippen LogP contribution in [0.2, 0.25) is 0 Å². The predicted octanol–water partition coefficient (Wildman–Crippen LogP) is 4.60. The molecule has 0 aliphatic carbocycles. The molecule has 0 unspecified atom stereocenters. The van der Waals surface area contributed by atoms with Crippen LogP contribution in [0.3, 0.4) is 0 Å². The van der Waals surface area contributed by atoms with Crippen LogP contribution in [0.15, 0.2) is 0 Å². The van der Waals surface area contributed by atoms with Gasteiger partial charge in [-0.05, 0) is 19.8 Å². The van der Waals surface area contributed by atoms with E-state index in [9.17, 15) is 0 Å². The zero-order valence-corrected chi connectivity index (χ0v) is 14.3. The first-order valence-corrected chi connectivity index (χ1v) is 8.94. The Bertz CT molecular complexity index is 180. The molecule has 0 radical (unpaired) electrons. The van der Waals surface area contributed by atoms with Crippen LogP contribution < -0.4 is 0 Å². The Balaban J connectivity index is 0. The molecule has 0 saturated carbocycles. The van der Waals surface area contributed by atoms with Gasteiger partial charge in [-0.2, -0.15) is 0 Å². The van der Waals surface area contributed by atoms with E-state index in [1.807, 2.05) is 0 Å². The van der Waals surface area contributed by atoms with Crippen molar-refractivity contribution in [2.75, 3.05) is 27.2 Å². The third kappa shape index (κ3) is 16.1. The van der Waals surface area contributed by atoms with Crippen LogP contribution >= 0.6 is 0 Å². The molecule has 0 N–H and O–H groups in total. The highest BCUT2D eigenvalue weighted by atomic mass is 15.3. The Kier molecular flexibility index (Phi) is 17.2. The van der Waals surface area contributed by atoms with Gasteiger partial charge in [-0.15, -0.1) is 0 Å². The number of hydrogen-bond donors (Lipinski definition) is 0. The first-order chi connectivity index (χ1) is 9.12. The minimum absolute atomic E-state index is 0. The van der Waals surface area contributed by atoms with Gasteiger partial charge in [-0.3, -0.25) is 0 Å². The van der Waals surface area contributed by atoms with Crippen molar-refractivity contribution in [1.82, 2.24) is 0 Å². The van der Waals surface area contributed by atoms with Crippen molar-refractivity contribution in [1.29, 1.82) is 0 Å². The molecule has 0 rings (SSSR count). The Morgan fingerprint density at radius 1 is 0.550 bits per heavy atom. The lowest BCUT2D eigenvalue weighted by atomic mass is 10.1. The van der Waals surface area contributed by atoms with Gasteiger partial charge in [0.05, 0.1) is 35.6 Å². The average Bonchev–Trinajstić information content (AvgIpc) is 2.40. The first kappa shape index (κ1) is 22.3. The molecule has 0 fully saturated rings. The highest BCUT2D eigenvalue weighted by Gasteiger charge is 2.09. The van der Waals surface area contributed by atoms with Gasteiger partial charge in [0.25, 0.3) is 0 Å². The number of hydrogen-bond acceptors (Lipinski definition) is 0. The molecule has 0 aliphatic rings. The zero-order valence-electron chi connectivity index (χ0n) is 14.3. The summed E-state index contributed by atoms with van der Waals surface area (Å²) >= 11 is 0. The van der Waals surface area contributed by atoms with E-state index in [2.05, 4.69) is 27.9 Å². The minimum Gasteiger partial charge on any atom is -0.329 e. The standard InChI is InChI=1S/C18H40N.BH3/c1-5-7-8-9-10-11-12-13-14-15-16-17-18-19(3,4)6-2;/h5-18H2,1-4H3;1H3/q+1;. The van der Waals surface area contributed by atoms with E-state index >= 15 is 0 Å². The summed E-state index contributed by atoms with van der Waals surface area (Å²) in [5.41, 5.74) is 0. The molecule has 1 nitrogen and oxygen atoms in total. The maximum absolute atomic E-state index is 2.35. The van der Waals surface area contributed by atoms with Gasteiger partial charge < -0.3 is 4.48 Å². The fraction of sp³-hybridized carbons (Fsp3) is 1.00. The molecule has 0 heterocycles. The maximum Gasteiger partial charge on any atom is 0.0814 e. The molecule has 0 amide bonds. The van der Waals surface area contributed by atoms with Crippen molar-refractivity contribution in [2.45, 2.75) is 90.9 Å². The Labute approximate surface area is 131 Å². The van der Waals surface area contributed by atoms with E-state index in [1.165, 1.54) is 94.6 Å². The summed E-state index contributed by atoms with van der Waals surface area (Å²) in [5.74, 6) is 0. The van der Waals surface area contributed by atoms with E-state index < -0.39 is 0 Å². The van der Waals surface area contributed by atoms with E-state index in [0.717, 1.165) is 0 Å². The molecular formula is C18H43BN+. The number of rotatable bonds is 14. The molecule has 0 aliphatic heterocycles. The summed E-state index contributed by atoms with van der Waals surface area (Å²) in [6.45, 7) is 7.20. The smallest absolute Gasteiger partial charge is 0.0814 e. The number of unbranched alkanes of at least 4 members (excludes halogenated alkanes) is 11. The van der Waals surface area contributed by atoms with E-state index in [0.29, 0.717) is 0 Å². The van der Waals surface area contributed by atoms with Gasteiger partial charge in [0.2, 0.25) is 0 Å². The SMILES string of the molecule is B.CCCCCCCCCCCCCC[N+](C)(C)CC. The van der Waals surface area contributed by atoms with Crippen molar-refractivity contribution >= 4 is 8.41 Å². The average molecular weight is 284 g/mol. The molecule has 0 atom stereocenters. The fourth-order valence-electron chi connectivity index (χ4n) is 2.54. The summed E-state index contributed by atoms with van der Waals surface area (Å²) in [6.07, 6.45) is 17.4. The van der Waals surface area contributed by atoms with Crippen LogP contribution in [0.5, 0.6) is 0 Å². The van der Waals surface area contributed by atoms with E-state index in [1.54, 1.807) is 0 Å². The second-order valence-electron chi connectivity index (χ2n) is 6.86. The third-order valence-electron chi connectivity index (χ3n) is 4.47. The highest BCUT2D eigenvalue weighted by molar-refractivity contribution is 5.75. The molecule has 0 bridgehead atoms. The van der Waals surface area contributed by atoms with Crippen LogP contribution in [-0.4, -0.2) is 40.1 Å². The van der Waals surface area contributed by atoms with Crippen LogP contribution in [0, 0.1) is 0 Å². The van der Waals surface area contributed by atoms with E-state index in [-0.39, 0.29) is 8.41 Å². The van der Waals surface area contributed by atoms with Gasteiger partial charge in [0.15, 0.2) is 0 Å². The Morgan fingerprint density at radius 2 is 0.900 bits per heavy atom. The summed E-state index contributed by atoms with van der Waals surface area (Å²) in [5, 5.41) is 0. The van der Waals surface area contributed by atoms with Gasteiger partial charge in [-0.1, -0.05) is 71.1 Å². The van der Waals surface area contributed by atoms with Crippen LogP contribution in [0.1, 0.15) is 90.9 Å². The summed E-state index contributed by atoms with van der Waals surface area (Å²) in [4.78, 5) is 0. The minimum atomic E-state index is 0. The highest BCUT2D eigenvalue weighted by Crippen LogP contribution is 2.12. The van der Waals surface area contributed by atoms with Crippen LogP contribution in [0.4, 0.5) is 0 Å². The maximum atomic E-state index is 2.35. The molecule has 2 heteroatoms. The largest absolute Gasteiger partial charge is 0.329 e. The van der Waals surface area contributed by atoms with Crippen molar-refractivity contribution in [3.8, 4) is 0 Å². The number of quaternary nitrogens is 1. The Hall–Kier alpha value is 0.0249. The molecular weight excluding hydrogens is 241 g/mol. The molecule has 0 saturated heterocycles. The normalized spacial score (nSPS) is 11.4. The van der Waals surface area contributed by atoms with E-state index in [4.69, 9.17) is 0 Å². The molecule has 0 aromatic rings. The lowest BCUT2D eigenvalue weighted by Crippen LogP contribution is -2.39. The lowest BCUT2D eigenvalue weighted by Gasteiger charge is -2.28. The number of nitrogens with zero attached hydrogens (tertiary/aromatic N) is 1. The van der Waals surface area contributed by atoms with Crippen LogP contribution in [0.25, 0.3) is 0 Å². The zero-order chi connectivity index (χ0) is 14.4. The van der Waals surface area contributed by atoms with Crippen molar-refractivity contribution in [3.05, 3.63) is 0 Å². The quantitative estimate of drug-likeness (QED) is 0.248. The molecule has 20 heavy (non-hydrogen) atoms. The first-order valence-electron chi connectivity index (χ1n) is 8.94. The second-order valence-corrected chi connectivity index (χ2v) is 6.86. The molecule has 0 spiro atoms. The lowest BCUT2D eigenvalue weighted by molar-refractivity contribution is -0.888. The second kappa shape index (κ2) is 15.4. The summed E-state index contributed by atoms with van der Waals surface area (Å²) in [7, 11) is 4.69.